The van der Waals surface area contributed by atoms with Gasteiger partial charge in [0.2, 0.25) is 0 Å². The summed E-state index contributed by atoms with van der Waals surface area (Å²) in [5.41, 5.74) is 20.7. The molecule has 0 radical (unpaired) electrons. The third-order valence-electron chi connectivity index (χ3n) is 17.3. The van der Waals surface area contributed by atoms with Crippen molar-refractivity contribution in [1.29, 1.82) is 0 Å². The van der Waals surface area contributed by atoms with Gasteiger partial charge in [0.1, 0.15) is 0 Å². The summed E-state index contributed by atoms with van der Waals surface area (Å²) in [6.07, 6.45) is 0. The van der Waals surface area contributed by atoms with E-state index in [1.165, 1.54) is 105 Å². The summed E-state index contributed by atoms with van der Waals surface area (Å²) in [4.78, 5) is 7.76. The second-order valence-corrected chi connectivity index (χ2v) is 25.8. The van der Waals surface area contributed by atoms with Crippen molar-refractivity contribution in [2.24, 2.45) is 0 Å². The van der Waals surface area contributed by atoms with Crippen LogP contribution < -0.4 is 35.4 Å². The van der Waals surface area contributed by atoms with Crippen molar-refractivity contribution in [3.8, 4) is 11.1 Å². The summed E-state index contributed by atoms with van der Waals surface area (Å²) in [5.74, 6) is 0. The Hall–Kier alpha value is -8.18. The zero-order chi connectivity index (χ0) is 49.4. The highest BCUT2D eigenvalue weighted by molar-refractivity contribution is 7.22. The van der Waals surface area contributed by atoms with Gasteiger partial charge in [-0.1, -0.05) is 217 Å². The van der Waals surface area contributed by atoms with Gasteiger partial charge in [0.15, 0.2) is 8.07 Å². The Labute approximate surface area is 431 Å². The minimum absolute atomic E-state index is 0.176. The zero-order valence-corrected chi connectivity index (χ0v) is 43.4. The van der Waals surface area contributed by atoms with Crippen LogP contribution in [-0.4, -0.2) is 8.07 Å². The maximum absolute atomic E-state index is 3.19. The molecule has 0 amide bonds. The van der Waals surface area contributed by atoms with E-state index in [1.54, 1.807) is 0 Å². The third kappa shape index (κ3) is 5.93. The summed E-state index contributed by atoms with van der Waals surface area (Å²) >= 11 is 0. The van der Waals surface area contributed by atoms with E-state index in [9.17, 15) is 0 Å². The van der Waals surface area contributed by atoms with Gasteiger partial charge in [0, 0.05) is 33.3 Å². The van der Waals surface area contributed by atoms with Crippen molar-refractivity contribution in [1.82, 2.24) is 0 Å². The topological polar surface area (TPSA) is 9.72 Å². The summed E-state index contributed by atoms with van der Waals surface area (Å²) < 4.78 is 0. The molecule has 0 N–H and O–H groups in total. The average Bonchev–Trinajstić information content (AvgIpc) is 3.72. The molecule has 0 saturated heterocycles. The SMILES string of the molecule is CC1(C)c2ccccc2N(c2ccc3c(c2)-c2cc(N4c5ccccc5C(C)(C)c5ccccc54)cc(N4c5ccccc5C(C)(C)c5ccccc54)c2[Si]3(c2ccccc2)c2ccccc2)c2ccccc21. The first-order valence-electron chi connectivity index (χ1n) is 25.9. The number of fused-ring (bicyclic) bond motifs is 9. The largest absolute Gasteiger partial charge is 0.310 e. The monoisotopic (exact) mass is 955 g/mol. The van der Waals surface area contributed by atoms with Crippen molar-refractivity contribution < 1.29 is 0 Å². The molecule has 0 bridgehead atoms. The molecule has 0 aromatic heterocycles. The summed E-state index contributed by atoms with van der Waals surface area (Å²) in [5, 5.41) is 5.55. The number of hydrogen-bond acceptors (Lipinski definition) is 3. The van der Waals surface area contributed by atoms with Gasteiger partial charge in [0.25, 0.3) is 0 Å². The van der Waals surface area contributed by atoms with Gasteiger partial charge in [-0.05, 0) is 126 Å². The molecular formula is C69H57N3Si. The lowest BCUT2D eigenvalue weighted by molar-refractivity contribution is 0.631. The molecule has 0 atom stereocenters. The van der Waals surface area contributed by atoms with Crippen molar-refractivity contribution in [3.05, 3.63) is 270 Å². The van der Waals surface area contributed by atoms with Crippen LogP contribution in [0.25, 0.3) is 11.1 Å². The van der Waals surface area contributed by atoms with Crippen LogP contribution in [0.2, 0.25) is 0 Å². The van der Waals surface area contributed by atoms with Gasteiger partial charge in [-0.25, -0.2) is 0 Å². The lowest BCUT2D eigenvalue weighted by Crippen LogP contribution is -2.73. The molecule has 14 rings (SSSR count). The summed E-state index contributed by atoms with van der Waals surface area (Å²) in [6.45, 7) is 14.3. The Bertz CT molecular complexity index is 3680. The Morgan fingerprint density at radius 1 is 0.274 bits per heavy atom. The van der Waals surface area contributed by atoms with Crippen LogP contribution in [0.3, 0.4) is 0 Å². The van der Waals surface area contributed by atoms with E-state index < -0.39 is 8.07 Å². The van der Waals surface area contributed by atoms with Crippen molar-refractivity contribution in [2.45, 2.75) is 57.8 Å². The number of nitrogens with zero attached hydrogens (tertiary/aromatic N) is 3. The average molecular weight is 956 g/mol. The smallest absolute Gasteiger partial charge is 0.183 e. The van der Waals surface area contributed by atoms with Crippen LogP contribution in [0.1, 0.15) is 74.9 Å². The van der Waals surface area contributed by atoms with Crippen LogP contribution in [0.15, 0.2) is 237 Å². The van der Waals surface area contributed by atoms with Crippen molar-refractivity contribution in [3.63, 3.8) is 0 Å². The van der Waals surface area contributed by atoms with Crippen LogP contribution in [0, 0.1) is 0 Å². The van der Waals surface area contributed by atoms with Crippen molar-refractivity contribution in [2.75, 3.05) is 14.7 Å². The molecular weight excluding hydrogens is 899 g/mol. The molecule has 4 heteroatoms. The first kappa shape index (κ1) is 43.6. The highest BCUT2D eigenvalue weighted by Gasteiger charge is 2.53. The fourth-order valence-electron chi connectivity index (χ4n) is 13.8. The van der Waals surface area contributed by atoms with E-state index in [0.717, 1.165) is 11.4 Å². The first-order chi connectivity index (χ1) is 35.5. The number of benzene rings is 10. The van der Waals surface area contributed by atoms with E-state index in [0.29, 0.717) is 0 Å². The quantitative estimate of drug-likeness (QED) is 0.159. The molecule has 3 nitrogen and oxygen atoms in total. The van der Waals surface area contributed by atoms with Crippen LogP contribution >= 0.6 is 0 Å². The van der Waals surface area contributed by atoms with Gasteiger partial charge >= 0.3 is 0 Å². The molecule has 4 aliphatic heterocycles. The predicted octanol–water partition coefficient (Wildman–Crippen LogP) is 15.4. The standard InChI is InChI=1S/C69H57N3Si/c1-67(2)52-29-13-19-35-58(52)70(59-36-20-14-30-53(59)67)46-41-42-65-50(43-46)51-44-47(71-60-37-21-15-31-54(60)68(3,4)55-32-16-22-38-61(55)71)45-64(66(51)73(65,48-25-9-7-10-26-48)49-27-11-8-12-28-49)72-62-39-23-17-33-56(62)69(5,6)57-34-18-24-40-63(57)72/h7-45H,1-6H3. The minimum Gasteiger partial charge on any atom is -0.310 e. The van der Waals surface area contributed by atoms with Gasteiger partial charge < -0.3 is 14.7 Å². The van der Waals surface area contributed by atoms with E-state index in [1.807, 2.05) is 0 Å². The molecule has 0 saturated carbocycles. The Kier molecular flexibility index (Phi) is 9.35. The number of hydrogen-bond donors (Lipinski definition) is 0. The summed E-state index contributed by atoms with van der Waals surface area (Å²) in [7, 11) is -3.19. The molecule has 0 aliphatic carbocycles. The first-order valence-corrected chi connectivity index (χ1v) is 27.9. The lowest BCUT2D eigenvalue weighted by Gasteiger charge is -2.45. The van der Waals surface area contributed by atoms with E-state index in [2.05, 4.69) is 293 Å². The van der Waals surface area contributed by atoms with Crippen LogP contribution in [-0.2, 0) is 16.2 Å². The molecule has 73 heavy (non-hydrogen) atoms. The minimum atomic E-state index is -3.19. The number of anilines is 9. The fraction of sp³-hybridized carbons (Fsp3) is 0.130. The predicted molar refractivity (Wildman–Crippen MR) is 309 cm³/mol. The normalized spacial score (nSPS) is 16.4. The molecule has 4 heterocycles. The Morgan fingerprint density at radius 2 is 0.589 bits per heavy atom. The highest BCUT2D eigenvalue weighted by Crippen LogP contribution is 2.57. The molecule has 0 fully saturated rings. The number of rotatable bonds is 5. The van der Waals surface area contributed by atoms with Gasteiger partial charge in [-0.2, -0.15) is 0 Å². The molecule has 4 aliphatic rings. The van der Waals surface area contributed by atoms with Crippen LogP contribution in [0.5, 0.6) is 0 Å². The molecule has 10 aromatic carbocycles. The van der Waals surface area contributed by atoms with Gasteiger partial charge in [0.05, 0.1) is 34.1 Å². The highest BCUT2D eigenvalue weighted by atomic mass is 28.3. The Morgan fingerprint density at radius 3 is 0.973 bits per heavy atom. The third-order valence-corrected chi connectivity index (χ3v) is 22.2. The van der Waals surface area contributed by atoms with E-state index in [-0.39, 0.29) is 16.2 Å². The van der Waals surface area contributed by atoms with Gasteiger partial charge in [-0.3, -0.25) is 0 Å². The lowest BCUT2D eigenvalue weighted by atomic mass is 9.73. The maximum Gasteiger partial charge on any atom is 0.183 e. The zero-order valence-electron chi connectivity index (χ0n) is 42.4. The van der Waals surface area contributed by atoms with Crippen molar-refractivity contribution >= 4 is 80.0 Å². The molecule has 0 spiro atoms. The molecule has 10 aromatic rings. The Balaban J connectivity index is 1.16. The second-order valence-electron chi connectivity index (χ2n) is 22.1. The summed E-state index contributed by atoms with van der Waals surface area (Å²) in [6, 6.07) is 90.3. The molecule has 352 valence electrons. The van der Waals surface area contributed by atoms with E-state index in [4.69, 9.17) is 0 Å². The number of para-hydroxylation sites is 6. The maximum atomic E-state index is 2.66. The van der Waals surface area contributed by atoms with E-state index >= 15 is 0 Å². The molecule has 0 unspecified atom stereocenters. The van der Waals surface area contributed by atoms with Gasteiger partial charge in [-0.15, -0.1) is 0 Å². The van der Waals surface area contributed by atoms with Crippen LogP contribution in [0.4, 0.5) is 51.2 Å². The fourth-order valence-corrected chi connectivity index (χ4v) is 19.2. The second kappa shape index (κ2) is 15.7.